The number of amides is 1. The van der Waals surface area contributed by atoms with Gasteiger partial charge in [-0.2, -0.15) is 0 Å². The first-order valence-electron chi connectivity index (χ1n) is 9.61. The molecule has 2 saturated carbocycles. The van der Waals surface area contributed by atoms with Gasteiger partial charge in [0.2, 0.25) is 5.91 Å². The highest BCUT2D eigenvalue weighted by atomic mass is 16.3. The van der Waals surface area contributed by atoms with Crippen LogP contribution in [-0.4, -0.2) is 35.1 Å². The summed E-state index contributed by atoms with van der Waals surface area (Å²) in [5.41, 5.74) is 1.39. The Bertz CT molecular complexity index is 579. The molecule has 1 aliphatic heterocycles. The predicted molar refractivity (Wildman–Crippen MR) is 94.6 cm³/mol. The van der Waals surface area contributed by atoms with E-state index in [-0.39, 0.29) is 17.4 Å². The van der Waals surface area contributed by atoms with Gasteiger partial charge in [-0.25, -0.2) is 0 Å². The van der Waals surface area contributed by atoms with Crippen molar-refractivity contribution < 1.29 is 9.90 Å². The Labute approximate surface area is 145 Å². The van der Waals surface area contributed by atoms with E-state index in [1.165, 1.54) is 37.7 Å². The molecule has 0 radical (unpaired) electrons. The molecule has 1 saturated heterocycles. The number of fused-ring (bicyclic) bond motifs is 2. The quantitative estimate of drug-likeness (QED) is 0.925. The van der Waals surface area contributed by atoms with Crippen LogP contribution in [0.2, 0.25) is 0 Å². The van der Waals surface area contributed by atoms with Gasteiger partial charge in [-0.05, 0) is 49.0 Å². The second kappa shape index (κ2) is 6.18. The third-order valence-electron chi connectivity index (χ3n) is 6.91. The summed E-state index contributed by atoms with van der Waals surface area (Å²) in [5, 5.41) is 9.56. The molecule has 3 heteroatoms. The molecule has 3 fully saturated rings. The first-order chi connectivity index (χ1) is 11.6. The molecule has 130 valence electrons. The minimum absolute atomic E-state index is 0.0175. The highest BCUT2D eigenvalue weighted by Crippen LogP contribution is 2.57. The molecule has 24 heavy (non-hydrogen) atoms. The van der Waals surface area contributed by atoms with E-state index in [1.807, 2.05) is 4.90 Å². The fraction of sp³-hybridized carbons (Fsp3) is 0.667. The van der Waals surface area contributed by atoms with Crippen LogP contribution in [-0.2, 0) is 10.2 Å². The number of β-amino-alcohol motifs (C(OH)–C–C–N with tert-alkyl or cyclic N) is 1. The predicted octanol–water partition coefficient (Wildman–Crippen LogP) is 3.36. The minimum Gasteiger partial charge on any atom is -0.389 e. The van der Waals surface area contributed by atoms with Gasteiger partial charge in [0.1, 0.15) is 0 Å². The Morgan fingerprint density at radius 2 is 1.79 bits per heavy atom. The van der Waals surface area contributed by atoms with E-state index < -0.39 is 0 Å². The van der Waals surface area contributed by atoms with Crippen LogP contribution in [0.25, 0.3) is 0 Å². The van der Waals surface area contributed by atoms with Crippen molar-refractivity contribution in [3.8, 4) is 0 Å². The average Bonchev–Trinajstić information content (AvgIpc) is 2.53. The average molecular weight is 327 g/mol. The number of rotatable bonds is 3. The molecule has 1 aromatic carbocycles. The summed E-state index contributed by atoms with van der Waals surface area (Å²) in [6.07, 6.45) is 6.64. The molecule has 0 aromatic heterocycles. The van der Waals surface area contributed by atoms with Crippen molar-refractivity contribution >= 4 is 5.91 Å². The highest BCUT2D eigenvalue weighted by Gasteiger charge is 2.53. The van der Waals surface area contributed by atoms with Gasteiger partial charge >= 0.3 is 0 Å². The third-order valence-corrected chi connectivity index (χ3v) is 6.91. The molecular weight excluding hydrogens is 298 g/mol. The molecule has 2 bridgehead atoms. The molecule has 2 aliphatic carbocycles. The SMILES string of the molecule is CC1CC2CCCC(C1)C2(CC(=O)N1CC(O)C1)c1ccccc1. The molecule has 1 heterocycles. The number of hydrogen-bond acceptors (Lipinski definition) is 2. The van der Waals surface area contributed by atoms with Crippen LogP contribution in [0.15, 0.2) is 30.3 Å². The molecule has 1 aromatic rings. The van der Waals surface area contributed by atoms with Crippen LogP contribution < -0.4 is 0 Å². The fourth-order valence-corrected chi connectivity index (χ4v) is 5.81. The van der Waals surface area contributed by atoms with E-state index in [9.17, 15) is 9.90 Å². The molecular formula is C21H29NO2. The lowest BCUT2D eigenvalue weighted by atomic mass is 9.49. The molecule has 0 spiro atoms. The first kappa shape index (κ1) is 16.1. The number of benzene rings is 1. The number of hydrogen-bond donors (Lipinski definition) is 1. The van der Waals surface area contributed by atoms with E-state index in [0.717, 1.165) is 5.92 Å². The smallest absolute Gasteiger partial charge is 0.223 e. The number of carbonyl (C=O) groups excluding carboxylic acids is 1. The number of carbonyl (C=O) groups is 1. The Balaban J connectivity index is 1.69. The standard InChI is InChI=1S/C21H29NO2/c1-15-10-17-8-5-9-18(11-15)21(17,16-6-3-2-4-7-16)12-20(24)22-13-19(23)14-22/h2-4,6-7,15,17-19,23H,5,8-14H2,1H3. The lowest BCUT2D eigenvalue weighted by molar-refractivity contribution is -0.145. The van der Waals surface area contributed by atoms with Gasteiger partial charge < -0.3 is 10.0 Å². The summed E-state index contributed by atoms with van der Waals surface area (Å²) >= 11 is 0. The van der Waals surface area contributed by atoms with Gasteiger partial charge in [-0.1, -0.05) is 43.7 Å². The maximum atomic E-state index is 12.9. The van der Waals surface area contributed by atoms with E-state index in [2.05, 4.69) is 37.3 Å². The van der Waals surface area contributed by atoms with Gasteiger partial charge in [0.25, 0.3) is 0 Å². The van der Waals surface area contributed by atoms with Crippen LogP contribution in [0.5, 0.6) is 0 Å². The normalized spacial score (nSPS) is 36.2. The summed E-state index contributed by atoms with van der Waals surface area (Å²) in [5.74, 6) is 2.27. The maximum Gasteiger partial charge on any atom is 0.223 e. The number of nitrogens with zero attached hydrogens (tertiary/aromatic N) is 1. The summed E-state index contributed by atoms with van der Waals surface area (Å²) < 4.78 is 0. The zero-order valence-electron chi connectivity index (χ0n) is 14.7. The monoisotopic (exact) mass is 327 g/mol. The second-order valence-corrected chi connectivity index (χ2v) is 8.44. The van der Waals surface area contributed by atoms with E-state index in [4.69, 9.17) is 0 Å². The second-order valence-electron chi connectivity index (χ2n) is 8.44. The lowest BCUT2D eigenvalue weighted by Crippen LogP contribution is -2.57. The first-order valence-corrected chi connectivity index (χ1v) is 9.61. The Hall–Kier alpha value is -1.35. The fourth-order valence-electron chi connectivity index (χ4n) is 5.81. The molecule has 2 atom stereocenters. The van der Waals surface area contributed by atoms with Gasteiger partial charge in [-0.15, -0.1) is 0 Å². The maximum absolute atomic E-state index is 12.9. The largest absolute Gasteiger partial charge is 0.389 e. The van der Waals surface area contributed by atoms with Crippen molar-refractivity contribution in [3.63, 3.8) is 0 Å². The van der Waals surface area contributed by atoms with E-state index >= 15 is 0 Å². The van der Waals surface area contributed by atoms with Gasteiger partial charge in [-0.3, -0.25) is 4.79 Å². The van der Waals surface area contributed by atoms with E-state index in [0.29, 0.717) is 31.3 Å². The van der Waals surface area contributed by atoms with Crippen LogP contribution in [0.3, 0.4) is 0 Å². The van der Waals surface area contributed by atoms with Crippen molar-refractivity contribution in [2.24, 2.45) is 17.8 Å². The van der Waals surface area contributed by atoms with Crippen molar-refractivity contribution in [2.75, 3.05) is 13.1 Å². The minimum atomic E-state index is -0.312. The van der Waals surface area contributed by atoms with Crippen LogP contribution in [0, 0.1) is 17.8 Å². The molecule has 2 unspecified atom stereocenters. The Kier molecular flexibility index (Phi) is 4.16. The molecule has 4 rings (SSSR count). The summed E-state index contributed by atoms with van der Waals surface area (Å²) in [6.45, 7) is 3.43. The van der Waals surface area contributed by atoms with Gasteiger partial charge in [0.05, 0.1) is 6.10 Å². The summed E-state index contributed by atoms with van der Waals surface area (Å²) in [7, 11) is 0. The lowest BCUT2D eigenvalue weighted by Gasteiger charge is -2.56. The zero-order valence-corrected chi connectivity index (χ0v) is 14.7. The van der Waals surface area contributed by atoms with E-state index in [1.54, 1.807) is 0 Å². The Morgan fingerprint density at radius 3 is 2.38 bits per heavy atom. The highest BCUT2D eigenvalue weighted by molar-refractivity contribution is 5.79. The topological polar surface area (TPSA) is 40.5 Å². The van der Waals surface area contributed by atoms with Crippen molar-refractivity contribution in [1.29, 1.82) is 0 Å². The van der Waals surface area contributed by atoms with Crippen molar-refractivity contribution in [3.05, 3.63) is 35.9 Å². The molecule has 3 aliphatic rings. The van der Waals surface area contributed by atoms with Crippen LogP contribution in [0.1, 0.15) is 51.0 Å². The molecule has 3 nitrogen and oxygen atoms in total. The Morgan fingerprint density at radius 1 is 1.17 bits per heavy atom. The summed E-state index contributed by atoms with van der Waals surface area (Å²) in [6, 6.07) is 10.8. The van der Waals surface area contributed by atoms with Gasteiger partial charge in [0.15, 0.2) is 0 Å². The van der Waals surface area contributed by atoms with Crippen molar-refractivity contribution in [1.82, 2.24) is 4.90 Å². The van der Waals surface area contributed by atoms with Crippen molar-refractivity contribution in [2.45, 2.75) is 57.0 Å². The molecule has 1 amide bonds. The molecule has 1 N–H and O–H groups in total. The van der Waals surface area contributed by atoms with Crippen LogP contribution in [0.4, 0.5) is 0 Å². The number of likely N-dealkylation sites (tertiary alicyclic amines) is 1. The summed E-state index contributed by atoms with van der Waals surface area (Å²) in [4.78, 5) is 14.8. The van der Waals surface area contributed by atoms with Crippen LogP contribution >= 0.6 is 0 Å². The third kappa shape index (κ3) is 2.57. The number of aliphatic hydroxyl groups excluding tert-OH is 1. The van der Waals surface area contributed by atoms with Gasteiger partial charge in [0, 0.05) is 24.9 Å². The zero-order chi connectivity index (χ0) is 16.7. The number of aliphatic hydroxyl groups is 1.